The maximum Gasteiger partial charge on any atom is 0.191 e. The van der Waals surface area contributed by atoms with E-state index in [9.17, 15) is 0 Å². The minimum atomic E-state index is 0.547. The topological polar surface area (TPSA) is 63.8 Å². The molecule has 0 spiro atoms. The first kappa shape index (κ1) is 12.1. The molecule has 2 aliphatic rings. The monoisotopic (exact) mass is 264 g/mol. The number of hydrogen-bond acceptors (Lipinski definition) is 5. The molecule has 1 aromatic heterocycles. The van der Waals surface area contributed by atoms with Crippen molar-refractivity contribution >= 4 is 23.4 Å². The van der Waals surface area contributed by atoms with Gasteiger partial charge in [0.1, 0.15) is 11.6 Å². The molecule has 1 aromatic rings. The van der Waals surface area contributed by atoms with Gasteiger partial charge in [-0.1, -0.05) is 11.8 Å². The number of nitrogens with two attached hydrogens (primary N) is 1. The summed E-state index contributed by atoms with van der Waals surface area (Å²) in [4.78, 5) is 8.61. The predicted octanol–water partition coefficient (Wildman–Crippen LogP) is 2.63. The van der Waals surface area contributed by atoms with Crippen LogP contribution in [-0.2, 0) is 0 Å². The lowest BCUT2D eigenvalue weighted by Crippen LogP contribution is -2.19. The molecule has 3 rings (SSSR count). The molecule has 1 heterocycles. The number of nitrogens with one attached hydrogen (secondary N) is 1. The number of rotatable bonds is 6. The van der Waals surface area contributed by atoms with Gasteiger partial charge in [-0.2, -0.15) is 0 Å². The average molecular weight is 264 g/mol. The molecule has 4 nitrogen and oxygen atoms in total. The fourth-order valence-electron chi connectivity index (χ4n) is 2.61. The third kappa shape index (κ3) is 2.88. The van der Waals surface area contributed by atoms with Gasteiger partial charge in [0.25, 0.3) is 0 Å². The van der Waals surface area contributed by atoms with Crippen LogP contribution < -0.4 is 11.1 Å². The number of aromatic nitrogens is 2. The third-order valence-electron chi connectivity index (χ3n) is 3.88. The van der Waals surface area contributed by atoms with E-state index in [0.717, 1.165) is 35.3 Å². The van der Waals surface area contributed by atoms with Crippen molar-refractivity contribution in [3.8, 4) is 0 Å². The van der Waals surface area contributed by atoms with Crippen molar-refractivity contribution in [1.82, 2.24) is 9.97 Å². The maximum atomic E-state index is 5.78. The molecule has 5 heteroatoms. The Bertz CT molecular complexity index is 417. The van der Waals surface area contributed by atoms with Crippen molar-refractivity contribution < 1.29 is 0 Å². The van der Waals surface area contributed by atoms with Crippen LogP contribution in [-0.4, -0.2) is 22.8 Å². The fraction of sp³-hybridized carbons (Fsp3) is 0.692. The van der Waals surface area contributed by atoms with E-state index in [1.54, 1.807) is 0 Å². The molecule has 0 aromatic carbocycles. The van der Waals surface area contributed by atoms with Gasteiger partial charge in [-0.3, -0.25) is 0 Å². The normalized spacial score (nSPS) is 19.2. The fourth-order valence-corrected chi connectivity index (χ4v) is 3.00. The molecule has 0 bridgehead atoms. The van der Waals surface area contributed by atoms with Crippen LogP contribution in [0.5, 0.6) is 0 Å². The average Bonchev–Trinajstić information content (AvgIpc) is 3.22. The van der Waals surface area contributed by atoms with Crippen molar-refractivity contribution in [2.75, 3.05) is 23.9 Å². The summed E-state index contributed by atoms with van der Waals surface area (Å²) in [7, 11) is 0. The summed E-state index contributed by atoms with van der Waals surface area (Å²) >= 11 is 1.53. The molecule has 3 N–H and O–H groups in total. The standard InChI is InChI=1S/C13H20N4S/c1-18-13-16-11(14)6-12(17-13)15-7-10(8-2-3-8)9-4-5-9/h6,8-10H,2-5,7H2,1H3,(H3,14,15,16,17). The zero-order valence-electron chi connectivity index (χ0n) is 10.7. The Morgan fingerprint density at radius 3 is 2.56 bits per heavy atom. The highest BCUT2D eigenvalue weighted by Gasteiger charge is 2.41. The van der Waals surface area contributed by atoms with Gasteiger partial charge in [-0.05, 0) is 49.7 Å². The van der Waals surface area contributed by atoms with Crippen molar-refractivity contribution in [3.05, 3.63) is 6.07 Å². The second-order valence-electron chi connectivity index (χ2n) is 5.38. The van der Waals surface area contributed by atoms with Gasteiger partial charge < -0.3 is 11.1 Å². The number of thioether (sulfide) groups is 1. The largest absolute Gasteiger partial charge is 0.383 e. The molecule has 2 saturated carbocycles. The highest BCUT2D eigenvalue weighted by Crippen LogP contribution is 2.49. The van der Waals surface area contributed by atoms with Crippen LogP contribution >= 0.6 is 11.8 Å². The molecular weight excluding hydrogens is 244 g/mol. The highest BCUT2D eigenvalue weighted by atomic mass is 32.2. The molecular formula is C13H20N4S. The molecule has 0 amide bonds. The van der Waals surface area contributed by atoms with E-state index >= 15 is 0 Å². The molecule has 2 aliphatic carbocycles. The van der Waals surface area contributed by atoms with Crippen LogP contribution in [0.3, 0.4) is 0 Å². The summed E-state index contributed by atoms with van der Waals surface area (Å²) in [6.07, 6.45) is 7.65. The van der Waals surface area contributed by atoms with Crippen LogP contribution in [0.15, 0.2) is 11.2 Å². The Balaban J connectivity index is 1.62. The summed E-state index contributed by atoms with van der Waals surface area (Å²) in [5.41, 5.74) is 5.78. The van der Waals surface area contributed by atoms with Crippen LogP contribution in [0.1, 0.15) is 25.7 Å². The maximum absolute atomic E-state index is 5.78. The number of nitrogens with zero attached hydrogens (tertiary/aromatic N) is 2. The highest BCUT2D eigenvalue weighted by molar-refractivity contribution is 7.98. The summed E-state index contributed by atoms with van der Waals surface area (Å²) in [6.45, 7) is 1.04. The Hall–Kier alpha value is -0.970. The first-order valence-corrected chi connectivity index (χ1v) is 7.91. The lowest BCUT2D eigenvalue weighted by atomic mass is 9.98. The van der Waals surface area contributed by atoms with Gasteiger partial charge in [0.2, 0.25) is 0 Å². The van der Waals surface area contributed by atoms with Crippen LogP contribution in [0.2, 0.25) is 0 Å². The van der Waals surface area contributed by atoms with Gasteiger partial charge in [-0.25, -0.2) is 9.97 Å². The van der Waals surface area contributed by atoms with Gasteiger partial charge in [0.15, 0.2) is 5.16 Å². The molecule has 0 aliphatic heterocycles. The third-order valence-corrected chi connectivity index (χ3v) is 4.43. The van der Waals surface area contributed by atoms with Crippen molar-refractivity contribution in [2.45, 2.75) is 30.8 Å². The zero-order valence-corrected chi connectivity index (χ0v) is 11.5. The molecule has 0 atom stereocenters. The van der Waals surface area contributed by atoms with E-state index in [1.807, 2.05) is 12.3 Å². The molecule has 0 unspecified atom stereocenters. The van der Waals surface area contributed by atoms with Crippen molar-refractivity contribution in [2.24, 2.45) is 17.8 Å². The Morgan fingerprint density at radius 2 is 2.00 bits per heavy atom. The Morgan fingerprint density at radius 1 is 1.33 bits per heavy atom. The molecule has 0 radical (unpaired) electrons. The lowest BCUT2D eigenvalue weighted by Gasteiger charge is -2.16. The molecule has 2 fully saturated rings. The molecule has 98 valence electrons. The first-order chi connectivity index (χ1) is 8.76. The zero-order chi connectivity index (χ0) is 12.5. The van der Waals surface area contributed by atoms with Crippen LogP contribution in [0.4, 0.5) is 11.6 Å². The lowest BCUT2D eigenvalue weighted by molar-refractivity contribution is 0.427. The first-order valence-electron chi connectivity index (χ1n) is 6.68. The van der Waals surface area contributed by atoms with E-state index in [1.165, 1.54) is 37.4 Å². The van der Waals surface area contributed by atoms with Gasteiger partial charge in [0.05, 0.1) is 0 Å². The Kier molecular flexibility index (Phi) is 3.33. The number of anilines is 2. The molecule has 0 saturated heterocycles. The summed E-state index contributed by atoms with van der Waals surface area (Å²) in [5.74, 6) is 4.19. The van der Waals surface area contributed by atoms with E-state index in [0.29, 0.717) is 5.82 Å². The van der Waals surface area contributed by atoms with Gasteiger partial charge in [0, 0.05) is 12.6 Å². The van der Waals surface area contributed by atoms with E-state index < -0.39 is 0 Å². The SMILES string of the molecule is CSc1nc(N)cc(NCC(C2CC2)C2CC2)n1. The van der Waals surface area contributed by atoms with Crippen molar-refractivity contribution in [3.63, 3.8) is 0 Å². The van der Waals surface area contributed by atoms with Gasteiger partial charge in [-0.15, -0.1) is 0 Å². The minimum Gasteiger partial charge on any atom is -0.383 e. The second-order valence-corrected chi connectivity index (χ2v) is 6.16. The van der Waals surface area contributed by atoms with Crippen LogP contribution in [0.25, 0.3) is 0 Å². The number of hydrogen-bond donors (Lipinski definition) is 2. The summed E-state index contributed by atoms with van der Waals surface area (Å²) < 4.78 is 0. The predicted molar refractivity (Wildman–Crippen MR) is 75.7 cm³/mol. The van der Waals surface area contributed by atoms with E-state index in [2.05, 4.69) is 15.3 Å². The minimum absolute atomic E-state index is 0.547. The quantitative estimate of drug-likeness (QED) is 0.611. The molecule has 18 heavy (non-hydrogen) atoms. The van der Waals surface area contributed by atoms with Crippen LogP contribution in [0, 0.1) is 17.8 Å². The van der Waals surface area contributed by atoms with Gasteiger partial charge >= 0.3 is 0 Å². The summed E-state index contributed by atoms with van der Waals surface area (Å²) in [5, 5.41) is 4.20. The van der Waals surface area contributed by atoms with E-state index in [-0.39, 0.29) is 0 Å². The van der Waals surface area contributed by atoms with E-state index in [4.69, 9.17) is 5.73 Å². The Labute approximate surface area is 112 Å². The van der Waals surface area contributed by atoms with Crippen molar-refractivity contribution in [1.29, 1.82) is 0 Å². The number of nitrogen functional groups attached to an aromatic ring is 1. The summed E-state index contributed by atoms with van der Waals surface area (Å²) in [6, 6.07) is 1.83. The smallest absolute Gasteiger partial charge is 0.191 e. The second kappa shape index (κ2) is 4.96.